The summed E-state index contributed by atoms with van der Waals surface area (Å²) >= 11 is 0. The molecule has 1 aliphatic rings. The van der Waals surface area contributed by atoms with E-state index in [4.69, 9.17) is 10.5 Å². The Balaban J connectivity index is 1.85. The van der Waals surface area contributed by atoms with Gasteiger partial charge in [-0.2, -0.15) is 5.10 Å². The number of benzene rings is 1. The molecular formula is C22H26N5O4P. The van der Waals surface area contributed by atoms with Gasteiger partial charge in [0.05, 0.1) is 24.0 Å². The second kappa shape index (κ2) is 8.67. The number of aromatic carboxylic acids is 1. The normalized spacial score (nSPS) is 16.4. The summed E-state index contributed by atoms with van der Waals surface area (Å²) in [5.74, 6) is -1.40. The third kappa shape index (κ3) is 4.34. The summed E-state index contributed by atoms with van der Waals surface area (Å²) in [7, 11) is 2.58. The second-order valence-electron chi connectivity index (χ2n) is 8.25. The van der Waals surface area contributed by atoms with E-state index in [9.17, 15) is 14.4 Å². The lowest BCUT2D eigenvalue weighted by atomic mass is 10.0. The van der Waals surface area contributed by atoms with Gasteiger partial charge < -0.3 is 15.4 Å². The first-order chi connectivity index (χ1) is 14.9. The topological polar surface area (TPSA) is 120 Å². The number of nitrogens with one attached hydrogen (secondary N) is 1. The van der Waals surface area contributed by atoms with Crippen molar-refractivity contribution in [2.75, 3.05) is 4.90 Å². The second-order valence-corrected chi connectivity index (χ2v) is 9.12. The van der Waals surface area contributed by atoms with Crippen LogP contribution in [0.15, 0.2) is 47.5 Å². The van der Waals surface area contributed by atoms with E-state index < -0.39 is 17.5 Å². The molecule has 3 amide bonds. The van der Waals surface area contributed by atoms with Gasteiger partial charge in [-0.15, -0.1) is 9.24 Å². The average Bonchev–Trinajstić information content (AvgIpc) is 3.23. The number of rotatable bonds is 7. The first kappa shape index (κ1) is 23.3. The molecule has 2 N–H and O–H groups in total. The molecule has 1 unspecified atom stereocenters. The minimum absolute atomic E-state index is 0.153. The highest BCUT2D eigenvalue weighted by molar-refractivity contribution is 7.22. The van der Waals surface area contributed by atoms with Crippen LogP contribution in [0, 0.1) is 5.41 Å². The van der Waals surface area contributed by atoms with Crippen molar-refractivity contribution in [3.8, 4) is 0 Å². The van der Waals surface area contributed by atoms with Gasteiger partial charge in [0, 0.05) is 18.5 Å². The number of urea groups is 1. The van der Waals surface area contributed by atoms with Crippen molar-refractivity contribution in [3.63, 3.8) is 0 Å². The molecule has 1 aliphatic heterocycles. The van der Waals surface area contributed by atoms with Crippen molar-refractivity contribution in [1.29, 1.82) is 5.41 Å². The van der Waals surface area contributed by atoms with Crippen LogP contribution in [0.25, 0.3) is 0 Å². The smallest absolute Gasteiger partial charge is 0.335 e. The Kier molecular flexibility index (Phi) is 6.32. The highest BCUT2D eigenvalue weighted by atomic mass is 31.0. The Bertz CT molecular complexity index is 1130. The maximum absolute atomic E-state index is 13.2. The Labute approximate surface area is 188 Å². The average molecular weight is 455 g/mol. The largest absolute Gasteiger partial charge is 0.478 e. The molecule has 3 rings (SSSR count). The molecule has 9 nitrogen and oxygen atoms in total. The van der Waals surface area contributed by atoms with E-state index in [0.717, 1.165) is 15.8 Å². The molecule has 10 heteroatoms. The highest BCUT2D eigenvalue weighted by Crippen LogP contribution is 2.33. The zero-order valence-electron chi connectivity index (χ0n) is 18.4. The van der Waals surface area contributed by atoms with Crippen LogP contribution in [0.2, 0.25) is 0 Å². The maximum atomic E-state index is 13.2. The number of hydrogen-bond acceptors (Lipinski definition) is 5. The number of allylic oxidation sites excluding steroid dienone is 2. The fourth-order valence-corrected chi connectivity index (χ4v) is 3.83. The van der Waals surface area contributed by atoms with E-state index >= 15 is 0 Å². The first-order valence-electron chi connectivity index (χ1n) is 9.95. The van der Waals surface area contributed by atoms with Crippen LogP contribution < -0.4 is 4.90 Å². The number of imide groups is 1. The first-order valence-corrected chi connectivity index (χ1v) is 10.5. The van der Waals surface area contributed by atoms with Crippen LogP contribution in [0.3, 0.4) is 0 Å². The molecule has 32 heavy (non-hydrogen) atoms. The molecule has 0 saturated carbocycles. The minimum Gasteiger partial charge on any atom is -0.478 e. The van der Waals surface area contributed by atoms with Gasteiger partial charge in [0.2, 0.25) is 0 Å². The predicted molar refractivity (Wildman–Crippen MR) is 124 cm³/mol. The Morgan fingerprint density at radius 1 is 1.19 bits per heavy atom. The van der Waals surface area contributed by atoms with Crippen LogP contribution in [-0.2, 0) is 17.9 Å². The number of carboxylic acid groups (broad SMARTS) is 1. The van der Waals surface area contributed by atoms with Gasteiger partial charge >= 0.3 is 12.0 Å². The number of carboxylic acids is 1. The van der Waals surface area contributed by atoms with Gasteiger partial charge in [0.25, 0.3) is 5.91 Å². The Hall–Kier alpha value is -3.32. The van der Waals surface area contributed by atoms with E-state index in [-0.39, 0.29) is 18.0 Å². The van der Waals surface area contributed by atoms with Crippen LogP contribution in [0.5, 0.6) is 0 Å². The molecule has 0 bridgehead atoms. The van der Waals surface area contributed by atoms with Crippen molar-refractivity contribution in [2.24, 2.45) is 0 Å². The van der Waals surface area contributed by atoms with Gasteiger partial charge in [0.15, 0.2) is 0 Å². The molecule has 1 fully saturated rings. The van der Waals surface area contributed by atoms with Gasteiger partial charge in [-0.05, 0) is 56.3 Å². The summed E-state index contributed by atoms with van der Waals surface area (Å²) in [5, 5.41) is 22.2. The zero-order valence-corrected chi connectivity index (χ0v) is 19.6. The van der Waals surface area contributed by atoms with Gasteiger partial charge in [-0.25, -0.2) is 14.5 Å². The molecule has 2 heterocycles. The number of amides is 3. The third-order valence-corrected chi connectivity index (χ3v) is 5.84. The molecule has 1 aromatic carbocycles. The van der Waals surface area contributed by atoms with Crippen molar-refractivity contribution in [1.82, 2.24) is 14.7 Å². The number of nitrogens with zero attached hydrogens (tertiary/aromatic N) is 4. The molecule has 0 spiro atoms. The number of carbonyl (C=O) groups is 3. The Morgan fingerprint density at radius 3 is 2.34 bits per heavy atom. The molecular weight excluding hydrogens is 429 g/mol. The lowest BCUT2D eigenvalue weighted by Crippen LogP contribution is -2.43. The van der Waals surface area contributed by atoms with Crippen LogP contribution in [0.4, 0.5) is 10.5 Å². The Morgan fingerprint density at radius 2 is 1.81 bits per heavy atom. The summed E-state index contributed by atoms with van der Waals surface area (Å²) in [6.07, 6.45) is 3.08. The zero-order chi connectivity index (χ0) is 23.8. The maximum Gasteiger partial charge on any atom is 0.335 e. The summed E-state index contributed by atoms with van der Waals surface area (Å²) in [6.45, 7) is 7.46. The number of carbonyl (C=O) groups excluding carboxylic acids is 2. The van der Waals surface area contributed by atoms with Crippen molar-refractivity contribution in [2.45, 2.75) is 46.3 Å². The fourth-order valence-electron chi connectivity index (χ4n) is 3.52. The molecule has 168 valence electrons. The van der Waals surface area contributed by atoms with Crippen LogP contribution in [-0.4, -0.2) is 48.9 Å². The number of hydrogen-bond donors (Lipinski definition) is 2. The molecule has 1 saturated heterocycles. The molecule has 2 aromatic rings. The van der Waals surface area contributed by atoms with E-state index in [1.165, 1.54) is 23.2 Å². The van der Waals surface area contributed by atoms with E-state index in [1.807, 2.05) is 6.92 Å². The van der Waals surface area contributed by atoms with E-state index in [1.54, 1.807) is 43.8 Å². The lowest BCUT2D eigenvalue weighted by molar-refractivity contribution is -0.123. The van der Waals surface area contributed by atoms with Crippen LogP contribution >= 0.6 is 9.24 Å². The molecule has 1 atom stereocenters. The quantitative estimate of drug-likeness (QED) is 0.376. The van der Waals surface area contributed by atoms with Gasteiger partial charge in [-0.1, -0.05) is 12.1 Å². The number of anilines is 1. The van der Waals surface area contributed by atoms with Crippen molar-refractivity contribution < 1.29 is 19.5 Å². The van der Waals surface area contributed by atoms with Crippen molar-refractivity contribution >= 4 is 38.5 Å². The van der Waals surface area contributed by atoms with Crippen LogP contribution in [0.1, 0.15) is 43.6 Å². The van der Waals surface area contributed by atoms with Gasteiger partial charge in [-0.3, -0.25) is 9.48 Å². The van der Waals surface area contributed by atoms with E-state index in [0.29, 0.717) is 23.5 Å². The lowest BCUT2D eigenvalue weighted by Gasteiger charge is -2.27. The standard InChI is InChI=1S/C22H26N5O4P/c1-13(23)18(14(2)32)12-25-11-17(9-24-25)27-20(30)22(3,4)26(21(27)31)10-15-5-7-16(8-6-15)19(28)29/h5-9,11,23H,10,12,32H2,1-4H3,(H,28,29)/b18-14-,23-13?. The van der Waals surface area contributed by atoms with Gasteiger partial charge in [0.1, 0.15) is 5.54 Å². The predicted octanol–water partition coefficient (Wildman–Crippen LogP) is 3.52. The summed E-state index contributed by atoms with van der Waals surface area (Å²) < 4.78 is 1.59. The molecule has 1 aromatic heterocycles. The summed E-state index contributed by atoms with van der Waals surface area (Å²) in [4.78, 5) is 40.0. The monoisotopic (exact) mass is 455 g/mol. The SMILES string of the molecule is CC(=N)/C(Cn1cc(N2C(=O)N(Cc3ccc(C(=O)O)cc3)C(C)(C)C2=O)cn1)=C(/C)P. The highest BCUT2D eigenvalue weighted by Gasteiger charge is 2.52. The minimum atomic E-state index is -1.09. The summed E-state index contributed by atoms with van der Waals surface area (Å²) in [5.41, 5.74) is 1.37. The molecule has 0 aliphatic carbocycles. The molecule has 0 radical (unpaired) electrons. The summed E-state index contributed by atoms with van der Waals surface area (Å²) in [6, 6.07) is 5.74. The fraction of sp³-hybridized carbons (Fsp3) is 0.318. The van der Waals surface area contributed by atoms with Crippen molar-refractivity contribution in [3.05, 3.63) is 58.7 Å². The number of aromatic nitrogens is 2. The third-order valence-electron chi connectivity index (χ3n) is 5.49. The van der Waals surface area contributed by atoms with E-state index in [2.05, 4.69) is 14.3 Å².